The molecule has 2 aromatic carbocycles. The van der Waals surface area contributed by atoms with Crippen LogP contribution in [0.25, 0.3) is 5.70 Å². The van der Waals surface area contributed by atoms with Gasteiger partial charge in [-0.05, 0) is 37.5 Å². The first kappa shape index (κ1) is 18.3. The van der Waals surface area contributed by atoms with Gasteiger partial charge < -0.3 is 9.64 Å². The minimum absolute atomic E-state index is 0.210. The van der Waals surface area contributed by atoms with Crippen LogP contribution in [0.2, 0.25) is 0 Å². The fourth-order valence-corrected chi connectivity index (χ4v) is 3.93. The topological polar surface area (TPSA) is 49.9 Å². The molecule has 0 saturated carbocycles. The van der Waals surface area contributed by atoms with Gasteiger partial charge in [-0.25, -0.2) is 0 Å². The van der Waals surface area contributed by atoms with Crippen molar-refractivity contribution in [3.63, 3.8) is 0 Å². The van der Waals surface area contributed by atoms with Crippen LogP contribution >= 0.6 is 0 Å². The molecule has 4 rings (SSSR count). The van der Waals surface area contributed by atoms with E-state index in [2.05, 4.69) is 31.1 Å². The van der Waals surface area contributed by atoms with Crippen molar-refractivity contribution in [2.24, 2.45) is 0 Å². The minimum atomic E-state index is -0.210. The third kappa shape index (κ3) is 3.17. The standard InChI is InChI=1S/C23H24N2O3/c1-24(2)20-12-5-11-17-16(20)10-6-13-21(17)28-15-7-14-25-22(26)18-8-3-4-9-19(18)23(25)27/h3-4,6,8-10,12-13H,5,7,11,14-15H2,1-2H3. The Labute approximate surface area is 165 Å². The summed E-state index contributed by atoms with van der Waals surface area (Å²) in [7, 11) is 4.10. The van der Waals surface area contributed by atoms with E-state index in [4.69, 9.17) is 4.74 Å². The van der Waals surface area contributed by atoms with Gasteiger partial charge in [0.1, 0.15) is 5.75 Å². The van der Waals surface area contributed by atoms with Crippen LogP contribution in [-0.4, -0.2) is 48.9 Å². The summed E-state index contributed by atoms with van der Waals surface area (Å²) in [5, 5.41) is 0. The zero-order valence-corrected chi connectivity index (χ0v) is 16.3. The molecule has 2 aliphatic rings. The Hall–Kier alpha value is -3.08. The predicted molar refractivity (Wildman–Crippen MR) is 108 cm³/mol. The number of allylic oxidation sites excluding steroid dienone is 1. The summed E-state index contributed by atoms with van der Waals surface area (Å²) >= 11 is 0. The molecule has 0 fully saturated rings. The number of fused-ring (bicyclic) bond motifs is 2. The van der Waals surface area contributed by atoms with Gasteiger partial charge in [-0.1, -0.05) is 30.3 Å². The van der Waals surface area contributed by atoms with Crippen LogP contribution in [0.5, 0.6) is 5.75 Å². The van der Waals surface area contributed by atoms with Crippen molar-refractivity contribution in [3.8, 4) is 5.75 Å². The minimum Gasteiger partial charge on any atom is -0.493 e. The van der Waals surface area contributed by atoms with Crippen molar-refractivity contribution in [1.29, 1.82) is 0 Å². The smallest absolute Gasteiger partial charge is 0.261 e. The maximum atomic E-state index is 12.4. The van der Waals surface area contributed by atoms with Crippen molar-refractivity contribution in [1.82, 2.24) is 9.80 Å². The van der Waals surface area contributed by atoms with Gasteiger partial charge in [0.25, 0.3) is 11.8 Å². The molecule has 0 unspecified atom stereocenters. The van der Waals surface area contributed by atoms with E-state index in [1.165, 1.54) is 21.7 Å². The van der Waals surface area contributed by atoms with Gasteiger partial charge in [-0.2, -0.15) is 0 Å². The van der Waals surface area contributed by atoms with Crippen LogP contribution in [0.4, 0.5) is 0 Å². The van der Waals surface area contributed by atoms with E-state index in [1.54, 1.807) is 24.3 Å². The molecule has 1 aliphatic heterocycles. The number of hydrogen-bond donors (Lipinski definition) is 0. The molecule has 2 amide bonds. The third-order valence-electron chi connectivity index (χ3n) is 5.28. The maximum absolute atomic E-state index is 12.4. The van der Waals surface area contributed by atoms with E-state index in [0.717, 1.165) is 18.6 Å². The summed E-state index contributed by atoms with van der Waals surface area (Å²) in [6, 6.07) is 13.1. The predicted octanol–water partition coefficient (Wildman–Crippen LogP) is 3.60. The fraction of sp³-hybridized carbons (Fsp3) is 0.304. The van der Waals surface area contributed by atoms with Crippen molar-refractivity contribution in [2.75, 3.05) is 27.2 Å². The lowest BCUT2D eigenvalue weighted by molar-refractivity contribution is 0.0646. The van der Waals surface area contributed by atoms with Crippen LogP contribution in [0, 0.1) is 0 Å². The first-order valence-corrected chi connectivity index (χ1v) is 9.65. The Kier molecular flexibility index (Phi) is 4.90. The first-order chi connectivity index (χ1) is 13.6. The molecule has 144 valence electrons. The molecular formula is C23H24N2O3. The van der Waals surface area contributed by atoms with Crippen molar-refractivity contribution in [3.05, 3.63) is 70.8 Å². The summed E-state index contributed by atoms with van der Waals surface area (Å²) in [6.07, 6.45) is 4.82. The normalized spacial score (nSPS) is 15.2. The number of ether oxygens (including phenoxy) is 1. The van der Waals surface area contributed by atoms with Crippen LogP contribution in [-0.2, 0) is 6.42 Å². The van der Waals surface area contributed by atoms with Gasteiger partial charge >= 0.3 is 0 Å². The Balaban J connectivity index is 1.39. The average molecular weight is 376 g/mol. The molecular weight excluding hydrogens is 352 g/mol. The Bertz CT molecular complexity index is 927. The highest BCUT2D eigenvalue weighted by Gasteiger charge is 2.34. The molecule has 0 N–H and O–H groups in total. The lowest BCUT2D eigenvalue weighted by Crippen LogP contribution is -2.31. The van der Waals surface area contributed by atoms with Crippen molar-refractivity contribution in [2.45, 2.75) is 19.3 Å². The van der Waals surface area contributed by atoms with E-state index in [9.17, 15) is 9.59 Å². The van der Waals surface area contributed by atoms with E-state index < -0.39 is 0 Å². The molecule has 0 spiro atoms. The lowest BCUT2D eigenvalue weighted by atomic mass is 9.93. The van der Waals surface area contributed by atoms with Gasteiger partial charge in [0.05, 0.1) is 17.7 Å². The third-order valence-corrected chi connectivity index (χ3v) is 5.28. The van der Waals surface area contributed by atoms with Gasteiger partial charge in [0.15, 0.2) is 0 Å². The molecule has 28 heavy (non-hydrogen) atoms. The highest BCUT2D eigenvalue weighted by Crippen LogP contribution is 2.34. The van der Waals surface area contributed by atoms with Crippen molar-refractivity contribution >= 4 is 17.5 Å². The Morgan fingerprint density at radius 1 is 0.964 bits per heavy atom. The molecule has 1 heterocycles. The quantitative estimate of drug-likeness (QED) is 0.571. The molecule has 0 aromatic heterocycles. The molecule has 0 bridgehead atoms. The molecule has 2 aromatic rings. The summed E-state index contributed by atoms with van der Waals surface area (Å²) < 4.78 is 6.04. The number of imide groups is 1. The second-order valence-corrected chi connectivity index (χ2v) is 7.31. The Morgan fingerprint density at radius 2 is 1.64 bits per heavy atom. The average Bonchev–Trinajstić information content (AvgIpc) is 2.95. The van der Waals surface area contributed by atoms with Crippen LogP contribution in [0.3, 0.4) is 0 Å². The van der Waals surface area contributed by atoms with Gasteiger partial charge in [-0.15, -0.1) is 0 Å². The number of nitrogens with zero attached hydrogens (tertiary/aromatic N) is 2. The Morgan fingerprint density at radius 3 is 2.32 bits per heavy atom. The SMILES string of the molecule is CN(C)C1=CCCc2c(OCCCN3C(=O)c4ccccc4C3=O)cccc21. The maximum Gasteiger partial charge on any atom is 0.261 e. The zero-order valence-electron chi connectivity index (χ0n) is 16.3. The zero-order chi connectivity index (χ0) is 19.7. The number of amides is 2. The summed E-state index contributed by atoms with van der Waals surface area (Å²) in [5.41, 5.74) is 4.66. The lowest BCUT2D eigenvalue weighted by Gasteiger charge is -2.25. The molecule has 5 heteroatoms. The molecule has 0 atom stereocenters. The molecule has 1 aliphatic carbocycles. The number of benzene rings is 2. The van der Waals surface area contributed by atoms with Gasteiger partial charge in [-0.3, -0.25) is 14.5 Å². The number of carbonyl (C=O) groups is 2. The molecule has 5 nitrogen and oxygen atoms in total. The van der Waals surface area contributed by atoms with E-state index in [0.29, 0.717) is 30.7 Å². The van der Waals surface area contributed by atoms with Gasteiger partial charge in [0.2, 0.25) is 0 Å². The van der Waals surface area contributed by atoms with E-state index >= 15 is 0 Å². The highest BCUT2D eigenvalue weighted by atomic mass is 16.5. The van der Waals surface area contributed by atoms with Gasteiger partial charge in [0, 0.05) is 37.5 Å². The second-order valence-electron chi connectivity index (χ2n) is 7.31. The number of hydrogen-bond acceptors (Lipinski definition) is 4. The molecule has 0 saturated heterocycles. The monoisotopic (exact) mass is 376 g/mol. The van der Waals surface area contributed by atoms with Crippen LogP contribution in [0.1, 0.15) is 44.7 Å². The number of carbonyl (C=O) groups excluding carboxylic acids is 2. The summed E-state index contributed by atoms with van der Waals surface area (Å²) in [4.78, 5) is 28.3. The van der Waals surface area contributed by atoms with Crippen LogP contribution < -0.4 is 4.74 Å². The van der Waals surface area contributed by atoms with E-state index in [-0.39, 0.29) is 11.8 Å². The summed E-state index contributed by atoms with van der Waals surface area (Å²) in [6.45, 7) is 0.828. The first-order valence-electron chi connectivity index (χ1n) is 9.65. The van der Waals surface area contributed by atoms with E-state index in [1.807, 2.05) is 12.1 Å². The summed E-state index contributed by atoms with van der Waals surface area (Å²) in [5.74, 6) is 0.476. The van der Waals surface area contributed by atoms with Crippen LogP contribution in [0.15, 0.2) is 48.5 Å². The molecule has 0 radical (unpaired) electrons. The van der Waals surface area contributed by atoms with Crippen molar-refractivity contribution < 1.29 is 14.3 Å². The number of rotatable bonds is 6. The largest absolute Gasteiger partial charge is 0.493 e. The fourth-order valence-electron chi connectivity index (χ4n) is 3.93. The second kappa shape index (κ2) is 7.50. The highest BCUT2D eigenvalue weighted by molar-refractivity contribution is 6.21.